The molecule has 0 saturated carbocycles. The van der Waals surface area contributed by atoms with Gasteiger partial charge in [0.1, 0.15) is 0 Å². The lowest BCUT2D eigenvalue weighted by Crippen LogP contribution is -2.32. The Bertz CT molecular complexity index is 680. The van der Waals surface area contributed by atoms with Crippen LogP contribution in [0.15, 0.2) is 24.3 Å². The fourth-order valence-corrected chi connectivity index (χ4v) is 2.70. The van der Waals surface area contributed by atoms with Gasteiger partial charge in [0.15, 0.2) is 5.69 Å². The summed E-state index contributed by atoms with van der Waals surface area (Å²) in [5, 5.41) is 11.4. The van der Waals surface area contributed by atoms with Gasteiger partial charge >= 0.3 is 0 Å². The van der Waals surface area contributed by atoms with Crippen LogP contribution in [-0.4, -0.2) is 40.2 Å². The minimum atomic E-state index is -0.244. The summed E-state index contributed by atoms with van der Waals surface area (Å²) < 4.78 is 7.06. The standard InChI is InChI=1S/C15H17ClN4O2/c1-10-14(15(21)17-9-11-5-4-8-22-11)18-19-20(10)13-7-3-2-6-12(13)16/h2-3,6-7,11H,4-5,8-9H2,1H3,(H,17,21). The van der Waals surface area contributed by atoms with Crippen molar-refractivity contribution in [3.8, 4) is 5.69 Å². The highest BCUT2D eigenvalue weighted by molar-refractivity contribution is 6.32. The zero-order chi connectivity index (χ0) is 15.5. The second-order valence-corrected chi connectivity index (χ2v) is 5.64. The molecule has 1 atom stereocenters. The molecule has 22 heavy (non-hydrogen) atoms. The van der Waals surface area contributed by atoms with E-state index in [1.807, 2.05) is 18.2 Å². The van der Waals surface area contributed by atoms with Crippen molar-refractivity contribution in [3.05, 3.63) is 40.7 Å². The summed E-state index contributed by atoms with van der Waals surface area (Å²) in [6.45, 7) is 3.06. The molecule has 3 rings (SSSR count). The quantitative estimate of drug-likeness (QED) is 0.937. The van der Waals surface area contributed by atoms with Gasteiger partial charge < -0.3 is 10.1 Å². The van der Waals surface area contributed by atoms with Crippen LogP contribution in [0.4, 0.5) is 0 Å². The molecule has 1 N–H and O–H groups in total. The number of hydrogen-bond acceptors (Lipinski definition) is 4. The second kappa shape index (κ2) is 6.46. The van der Waals surface area contributed by atoms with Crippen LogP contribution in [0, 0.1) is 6.92 Å². The predicted molar refractivity (Wildman–Crippen MR) is 82.4 cm³/mol. The van der Waals surface area contributed by atoms with Crippen molar-refractivity contribution >= 4 is 17.5 Å². The SMILES string of the molecule is Cc1c(C(=O)NCC2CCCO2)nnn1-c1ccccc1Cl. The minimum Gasteiger partial charge on any atom is -0.376 e. The van der Waals surface area contributed by atoms with Crippen LogP contribution in [0.25, 0.3) is 5.69 Å². The maximum atomic E-state index is 12.2. The first-order valence-corrected chi connectivity index (χ1v) is 7.61. The Morgan fingerprint density at radius 3 is 3.05 bits per heavy atom. The molecule has 0 bridgehead atoms. The molecule has 1 saturated heterocycles. The normalized spacial score (nSPS) is 17.6. The number of carbonyl (C=O) groups excluding carboxylic acids is 1. The Hall–Kier alpha value is -1.92. The predicted octanol–water partition coefficient (Wildman–Crippen LogP) is 2.14. The second-order valence-electron chi connectivity index (χ2n) is 5.23. The van der Waals surface area contributed by atoms with Gasteiger partial charge in [0.05, 0.1) is 22.5 Å². The number of benzene rings is 1. The smallest absolute Gasteiger partial charge is 0.273 e. The molecule has 1 fully saturated rings. The number of rotatable bonds is 4. The summed E-state index contributed by atoms with van der Waals surface area (Å²) in [7, 11) is 0. The van der Waals surface area contributed by atoms with E-state index in [2.05, 4.69) is 15.6 Å². The van der Waals surface area contributed by atoms with E-state index in [1.54, 1.807) is 17.7 Å². The molecule has 6 nitrogen and oxygen atoms in total. The molecule has 0 radical (unpaired) electrons. The molecule has 116 valence electrons. The first-order valence-electron chi connectivity index (χ1n) is 7.24. The van der Waals surface area contributed by atoms with Gasteiger partial charge in [0.2, 0.25) is 0 Å². The number of nitrogens with zero attached hydrogens (tertiary/aromatic N) is 3. The van der Waals surface area contributed by atoms with Gasteiger partial charge in [-0.15, -0.1) is 5.10 Å². The van der Waals surface area contributed by atoms with Crippen LogP contribution >= 0.6 is 11.6 Å². The highest BCUT2D eigenvalue weighted by atomic mass is 35.5. The Morgan fingerprint density at radius 1 is 1.50 bits per heavy atom. The third-order valence-electron chi connectivity index (χ3n) is 3.70. The van der Waals surface area contributed by atoms with Crippen molar-refractivity contribution in [1.29, 1.82) is 0 Å². The largest absolute Gasteiger partial charge is 0.376 e. The summed E-state index contributed by atoms with van der Waals surface area (Å²) >= 11 is 6.16. The fourth-order valence-electron chi connectivity index (χ4n) is 2.49. The van der Waals surface area contributed by atoms with Gasteiger partial charge in [-0.2, -0.15) is 0 Å². The highest BCUT2D eigenvalue weighted by Crippen LogP contribution is 2.21. The minimum absolute atomic E-state index is 0.0999. The number of nitrogens with one attached hydrogen (secondary N) is 1. The van der Waals surface area contributed by atoms with E-state index in [0.29, 0.717) is 28.6 Å². The first kappa shape index (κ1) is 15.0. The summed E-state index contributed by atoms with van der Waals surface area (Å²) in [6.07, 6.45) is 2.12. The van der Waals surface area contributed by atoms with Crippen molar-refractivity contribution in [3.63, 3.8) is 0 Å². The maximum absolute atomic E-state index is 12.2. The van der Waals surface area contributed by atoms with E-state index in [9.17, 15) is 4.79 Å². The van der Waals surface area contributed by atoms with Gasteiger partial charge in [0.25, 0.3) is 5.91 Å². The first-order chi connectivity index (χ1) is 10.7. The van der Waals surface area contributed by atoms with Crippen molar-refractivity contribution < 1.29 is 9.53 Å². The third-order valence-corrected chi connectivity index (χ3v) is 4.02. The van der Waals surface area contributed by atoms with Gasteiger partial charge in [0, 0.05) is 13.2 Å². The molecular weight excluding hydrogens is 304 g/mol. The van der Waals surface area contributed by atoms with E-state index < -0.39 is 0 Å². The maximum Gasteiger partial charge on any atom is 0.273 e. The monoisotopic (exact) mass is 320 g/mol. The lowest BCUT2D eigenvalue weighted by molar-refractivity contribution is 0.0853. The van der Waals surface area contributed by atoms with Gasteiger partial charge in [-0.3, -0.25) is 4.79 Å². The third kappa shape index (κ3) is 2.98. The average Bonchev–Trinajstić information content (AvgIpc) is 3.15. The van der Waals surface area contributed by atoms with E-state index in [1.165, 1.54) is 0 Å². The van der Waals surface area contributed by atoms with Crippen molar-refractivity contribution in [2.75, 3.05) is 13.2 Å². The number of ether oxygens (including phenoxy) is 1. The molecule has 1 aliphatic heterocycles. The fraction of sp³-hybridized carbons (Fsp3) is 0.400. The van der Waals surface area contributed by atoms with Crippen LogP contribution < -0.4 is 5.32 Å². The van der Waals surface area contributed by atoms with Gasteiger partial charge in [-0.1, -0.05) is 28.9 Å². The highest BCUT2D eigenvalue weighted by Gasteiger charge is 2.21. The van der Waals surface area contributed by atoms with Crippen LogP contribution in [0.1, 0.15) is 29.0 Å². The molecule has 2 aromatic rings. The molecule has 1 aromatic heterocycles. The zero-order valence-corrected chi connectivity index (χ0v) is 13.0. The van der Waals surface area contributed by atoms with Crippen molar-refractivity contribution in [2.24, 2.45) is 0 Å². The van der Waals surface area contributed by atoms with E-state index in [4.69, 9.17) is 16.3 Å². The number of hydrogen-bond donors (Lipinski definition) is 1. The number of para-hydroxylation sites is 1. The zero-order valence-electron chi connectivity index (χ0n) is 12.3. The van der Waals surface area contributed by atoms with E-state index >= 15 is 0 Å². The summed E-state index contributed by atoms with van der Waals surface area (Å²) in [5.74, 6) is -0.244. The van der Waals surface area contributed by atoms with Gasteiger partial charge in [-0.05, 0) is 31.9 Å². The van der Waals surface area contributed by atoms with E-state index in [-0.39, 0.29) is 12.0 Å². The van der Waals surface area contributed by atoms with Crippen LogP contribution in [-0.2, 0) is 4.74 Å². The molecule has 0 aliphatic carbocycles. The molecule has 2 heterocycles. The van der Waals surface area contributed by atoms with Crippen LogP contribution in [0.5, 0.6) is 0 Å². The molecule has 0 spiro atoms. The number of aromatic nitrogens is 3. The lowest BCUT2D eigenvalue weighted by atomic mass is 10.2. The summed E-state index contributed by atoms with van der Waals surface area (Å²) in [6, 6.07) is 7.31. The average molecular weight is 321 g/mol. The Morgan fingerprint density at radius 2 is 2.32 bits per heavy atom. The Labute approximate surface area is 133 Å². The summed E-state index contributed by atoms with van der Waals surface area (Å²) in [4.78, 5) is 12.2. The summed E-state index contributed by atoms with van der Waals surface area (Å²) in [5.41, 5.74) is 1.66. The lowest BCUT2D eigenvalue weighted by Gasteiger charge is -2.10. The Balaban J connectivity index is 1.75. The molecule has 1 aromatic carbocycles. The molecule has 1 unspecified atom stereocenters. The number of amides is 1. The van der Waals surface area contributed by atoms with Crippen LogP contribution in [0.3, 0.4) is 0 Å². The van der Waals surface area contributed by atoms with E-state index in [0.717, 1.165) is 19.4 Å². The van der Waals surface area contributed by atoms with Crippen LogP contribution in [0.2, 0.25) is 5.02 Å². The molecule has 1 amide bonds. The molecule has 1 aliphatic rings. The molecule has 7 heteroatoms. The number of carbonyl (C=O) groups is 1. The molecular formula is C15H17ClN4O2. The Kier molecular flexibility index (Phi) is 4.40. The van der Waals surface area contributed by atoms with Crippen molar-refractivity contribution in [2.45, 2.75) is 25.9 Å². The van der Waals surface area contributed by atoms with Crippen molar-refractivity contribution in [1.82, 2.24) is 20.3 Å². The topological polar surface area (TPSA) is 69.0 Å². The number of halogens is 1. The van der Waals surface area contributed by atoms with Gasteiger partial charge in [-0.25, -0.2) is 4.68 Å².